The Hall–Kier alpha value is -2.47. The second-order valence-electron chi connectivity index (χ2n) is 8.15. The first-order chi connectivity index (χ1) is 16.7. The fraction of sp³-hybridized carbons (Fsp3) is 0.360. The minimum atomic E-state index is -4.68. The molecule has 0 bridgehead atoms. The van der Waals surface area contributed by atoms with E-state index in [1.165, 1.54) is 13.0 Å². The molecule has 10 heteroatoms. The van der Waals surface area contributed by atoms with E-state index in [9.17, 15) is 18.0 Å². The Morgan fingerprint density at radius 2 is 2.00 bits per heavy atom. The van der Waals surface area contributed by atoms with E-state index in [1.807, 2.05) is 17.1 Å². The predicted octanol–water partition coefficient (Wildman–Crippen LogP) is 2.16. The first kappa shape index (κ1) is 25.6. The summed E-state index contributed by atoms with van der Waals surface area (Å²) in [6, 6.07) is 6.89. The SMILES string of the molecule is CCOC(=O)c1cc(OC2CC(NCc3c(F)c([I-]C)cc4cnccc34)C2)ccc1C(F)(F)F. The molecule has 0 spiro atoms. The van der Waals surface area contributed by atoms with E-state index in [1.54, 1.807) is 12.4 Å². The number of carbonyl (C=O) groups excluding carboxylic acids is 1. The second kappa shape index (κ2) is 10.7. The fourth-order valence-corrected chi connectivity index (χ4v) is 5.50. The van der Waals surface area contributed by atoms with Crippen LogP contribution in [0.25, 0.3) is 10.8 Å². The van der Waals surface area contributed by atoms with Crippen LogP contribution in [-0.2, 0) is 17.5 Å². The van der Waals surface area contributed by atoms with Crippen molar-refractivity contribution in [1.29, 1.82) is 0 Å². The van der Waals surface area contributed by atoms with Crippen LogP contribution >= 0.6 is 0 Å². The normalized spacial score (nSPS) is 17.9. The molecule has 1 fully saturated rings. The van der Waals surface area contributed by atoms with E-state index in [-0.39, 0.29) is 30.3 Å². The van der Waals surface area contributed by atoms with Crippen molar-refractivity contribution in [1.82, 2.24) is 10.3 Å². The number of esters is 1. The third-order valence-corrected chi connectivity index (χ3v) is 7.84. The van der Waals surface area contributed by atoms with Crippen LogP contribution in [0.2, 0.25) is 0 Å². The summed E-state index contributed by atoms with van der Waals surface area (Å²) in [4.78, 5) is 18.2. The predicted molar refractivity (Wildman–Crippen MR) is 118 cm³/mol. The maximum atomic E-state index is 15.0. The number of hydrogen-bond acceptors (Lipinski definition) is 5. The van der Waals surface area contributed by atoms with Gasteiger partial charge >= 0.3 is 169 Å². The topological polar surface area (TPSA) is 60.5 Å². The molecular weight excluding hydrogens is 579 g/mol. The van der Waals surface area contributed by atoms with Crippen molar-refractivity contribution in [3.63, 3.8) is 0 Å². The van der Waals surface area contributed by atoms with E-state index in [0.29, 0.717) is 24.9 Å². The number of carbonyl (C=O) groups is 1. The van der Waals surface area contributed by atoms with E-state index >= 15 is 4.39 Å². The molecule has 0 saturated heterocycles. The average molecular weight is 603 g/mol. The average Bonchev–Trinajstić information content (AvgIpc) is 2.80. The number of pyridine rings is 1. The van der Waals surface area contributed by atoms with Gasteiger partial charge in [0.2, 0.25) is 0 Å². The Labute approximate surface area is 210 Å². The van der Waals surface area contributed by atoms with Gasteiger partial charge in [-0.05, 0) is 6.92 Å². The quantitative estimate of drug-likeness (QED) is 0.185. The van der Waals surface area contributed by atoms with Crippen LogP contribution in [0.4, 0.5) is 17.6 Å². The molecule has 1 aliphatic carbocycles. The van der Waals surface area contributed by atoms with E-state index in [4.69, 9.17) is 9.47 Å². The zero-order valence-electron chi connectivity index (χ0n) is 19.1. The van der Waals surface area contributed by atoms with Gasteiger partial charge < -0.3 is 4.74 Å². The number of nitrogens with one attached hydrogen (secondary N) is 1. The number of fused-ring (bicyclic) bond motifs is 1. The summed E-state index contributed by atoms with van der Waals surface area (Å²) in [7, 11) is 0. The summed E-state index contributed by atoms with van der Waals surface area (Å²) in [5.74, 6) is -1.04. The molecule has 1 aromatic heterocycles. The number of alkyl halides is 4. The van der Waals surface area contributed by atoms with E-state index in [0.717, 1.165) is 26.5 Å². The van der Waals surface area contributed by atoms with Gasteiger partial charge in [-0.2, -0.15) is 13.2 Å². The van der Waals surface area contributed by atoms with Gasteiger partial charge in [0.05, 0.1) is 12.2 Å². The van der Waals surface area contributed by atoms with Crippen molar-refractivity contribution >= 4 is 16.7 Å². The molecule has 35 heavy (non-hydrogen) atoms. The number of benzene rings is 2. The van der Waals surface area contributed by atoms with Crippen LogP contribution in [0.3, 0.4) is 0 Å². The van der Waals surface area contributed by atoms with Gasteiger partial charge in [0.25, 0.3) is 0 Å². The minimum Gasteiger partial charge on any atom is -0.166 e. The summed E-state index contributed by atoms with van der Waals surface area (Å²) in [5.41, 5.74) is -1.01. The zero-order chi connectivity index (χ0) is 25.2. The number of rotatable bonds is 8. The van der Waals surface area contributed by atoms with Crippen molar-refractivity contribution < 1.29 is 53.0 Å². The minimum absolute atomic E-state index is 0.0352. The van der Waals surface area contributed by atoms with E-state index < -0.39 is 44.5 Å². The summed E-state index contributed by atoms with van der Waals surface area (Å²) in [6.07, 6.45) is -0.304. The smallest absolute Gasteiger partial charge is 0.166 e. The number of halogens is 5. The molecule has 1 saturated carbocycles. The van der Waals surface area contributed by atoms with Crippen molar-refractivity contribution in [2.45, 2.75) is 44.6 Å². The second-order valence-corrected chi connectivity index (χ2v) is 10.4. The summed E-state index contributed by atoms with van der Waals surface area (Å²) >= 11 is -0.432. The van der Waals surface area contributed by atoms with Gasteiger partial charge in [-0.1, -0.05) is 0 Å². The first-order valence-corrected chi connectivity index (χ1v) is 14.3. The standard InChI is InChI=1S/C25H24F4IN2O3/c1-3-34-24(33)19-11-16(4-5-21(19)25(27,28)29)35-17-9-15(10-17)32-13-20-18-6-7-31-12-14(18)8-22(30-2)23(20)26/h4-8,11-12,15,17,32H,3,9-10,13H2,1-2H3/q-1. The van der Waals surface area contributed by atoms with Crippen LogP contribution in [0, 0.1) is 9.39 Å². The third kappa shape index (κ3) is 5.69. The van der Waals surface area contributed by atoms with Gasteiger partial charge in [-0.15, -0.1) is 0 Å². The third-order valence-electron chi connectivity index (χ3n) is 5.89. The molecule has 0 aliphatic heterocycles. The number of aromatic nitrogens is 1. The molecule has 1 N–H and O–H groups in total. The van der Waals surface area contributed by atoms with Crippen molar-refractivity contribution in [2.75, 3.05) is 11.5 Å². The van der Waals surface area contributed by atoms with Crippen molar-refractivity contribution in [2.24, 2.45) is 0 Å². The molecular formula is C25H24F4IN2O3-. The van der Waals surface area contributed by atoms with Crippen LogP contribution in [0.15, 0.2) is 42.7 Å². The van der Waals surface area contributed by atoms with Crippen LogP contribution in [-0.4, -0.2) is 34.6 Å². The molecule has 0 amide bonds. The Balaban J connectivity index is 1.40. The number of ether oxygens (including phenoxy) is 2. The van der Waals surface area contributed by atoms with Crippen LogP contribution in [0.5, 0.6) is 5.75 Å². The fourth-order valence-electron chi connectivity index (χ4n) is 4.06. The summed E-state index contributed by atoms with van der Waals surface area (Å²) in [5, 5.41) is 5.10. The van der Waals surface area contributed by atoms with Gasteiger partial charge in [0.1, 0.15) is 0 Å². The molecule has 0 atom stereocenters. The van der Waals surface area contributed by atoms with Gasteiger partial charge in [-0.3, -0.25) is 0 Å². The molecule has 0 radical (unpaired) electrons. The van der Waals surface area contributed by atoms with Gasteiger partial charge in [-0.25, -0.2) is 4.79 Å². The summed E-state index contributed by atoms with van der Waals surface area (Å²) in [6.45, 7) is 1.85. The van der Waals surface area contributed by atoms with Crippen LogP contribution < -0.4 is 31.3 Å². The molecule has 2 aromatic carbocycles. The van der Waals surface area contributed by atoms with Gasteiger partial charge in [0.15, 0.2) is 0 Å². The Kier molecular flexibility index (Phi) is 7.80. The van der Waals surface area contributed by atoms with E-state index in [2.05, 4.69) is 10.3 Å². The molecule has 5 nitrogen and oxygen atoms in total. The monoisotopic (exact) mass is 603 g/mol. The molecule has 3 aromatic rings. The molecule has 1 aliphatic rings. The van der Waals surface area contributed by atoms with Crippen molar-refractivity contribution in [3.05, 3.63) is 68.8 Å². The van der Waals surface area contributed by atoms with Crippen LogP contribution in [0.1, 0.15) is 41.3 Å². The molecule has 188 valence electrons. The molecule has 0 unspecified atom stereocenters. The zero-order valence-corrected chi connectivity index (χ0v) is 21.2. The first-order valence-electron chi connectivity index (χ1n) is 11.0. The Morgan fingerprint density at radius 1 is 1.23 bits per heavy atom. The van der Waals surface area contributed by atoms with Crippen molar-refractivity contribution in [3.8, 4) is 5.75 Å². The summed E-state index contributed by atoms with van der Waals surface area (Å²) < 4.78 is 66.2. The van der Waals surface area contributed by atoms with Gasteiger partial charge in [0, 0.05) is 0 Å². The Bertz CT molecular complexity index is 1230. The number of nitrogens with zero attached hydrogens (tertiary/aromatic N) is 1. The molecule has 1 heterocycles. The number of hydrogen-bond donors (Lipinski definition) is 1. The Morgan fingerprint density at radius 3 is 2.69 bits per heavy atom. The molecule has 4 rings (SSSR count). The maximum absolute atomic E-state index is 15.0.